The van der Waals surface area contributed by atoms with Crippen LogP contribution in [0.2, 0.25) is 5.02 Å². The Morgan fingerprint density at radius 3 is 3.00 bits per heavy atom. The molecule has 1 aromatic heterocycles. The summed E-state index contributed by atoms with van der Waals surface area (Å²) in [5.41, 5.74) is 0.811. The van der Waals surface area contributed by atoms with Crippen LogP contribution in [0.25, 0.3) is 11.4 Å². The molecule has 0 aliphatic carbocycles. The predicted octanol–water partition coefficient (Wildman–Crippen LogP) is 2.48. The van der Waals surface area contributed by atoms with Gasteiger partial charge in [0.15, 0.2) is 5.96 Å². The SMILES string of the molecule is CCNC(=NCc1nc(-c2cccc(Cl)c2)no1)NCCCOC. The van der Waals surface area contributed by atoms with Gasteiger partial charge in [-0.3, -0.25) is 0 Å². The van der Waals surface area contributed by atoms with Crippen molar-refractivity contribution in [2.45, 2.75) is 19.9 Å². The summed E-state index contributed by atoms with van der Waals surface area (Å²) in [6.45, 7) is 4.56. The number of aliphatic imine (C=N–C) groups is 1. The molecule has 0 radical (unpaired) electrons. The third-order valence-corrected chi connectivity index (χ3v) is 3.32. The first-order valence-electron chi connectivity index (χ1n) is 7.82. The fourth-order valence-electron chi connectivity index (χ4n) is 1.98. The van der Waals surface area contributed by atoms with E-state index in [-0.39, 0.29) is 0 Å². The standard InChI is InChI=1S/C16H22ClN5O2/c1-3-18-16(19-8-5-9-23-2)20-11-14-21-15(22-24-14)12-6-4-7-13(17)10-12/h4,6-7,10H,3,5,8-9,11H2,1-2H3,(H2,18,19,20). The summed E-state index contributed by atoms with van der Waals surface area (Å²) in [4.78, 5) is 8.78. The average molecular weight is 352 g/mol. The molecule has 2 aromatic rings. The van der Waals surface area contributed by atoms with Crippen molar-refractivity contribution in [3.8, 4) is 11.4 Å². The Bertz CT molecular complexity index is 659. The van der Waals surface area contributed by atoms with Crippen molar-refractivity contribution in [2.24, 2.45) is 4.99 Å². The van der Waals surface area contributed by atoms with E-state index in [4.69, 9.17) is 20.9 Å². The van der Waals surface area contributed by atoms with E-state index in [1.54, 1.807) is 19.2 Å². The molecule has 24 heavy (non-hydrogen) atoms. The minimum atomic E-state index is 0.299. The van der Waals surface area contributed by atoms with E-state index in [0.717, 1.165) is 25.1 Å². The number of benzene rings is 1. The van der Waals surface area contributed by atoms with Crippen LogP contribution in [0.5, 0.6) is 0 Å². The lowest BCUT2D eigenvalue weighted by Crippen LogP contribution is -2.38. The van der Waals surface area contributed by atoms with E-state index in [1.807, 2.05) is 19.1 Å². The highest BCUT2D eigenvalue weighted by Gasteiger charge is 2.09. The summed E-state index contributed by atoms with van der Waals surface area (Å²) in [7, 11) is 1.69. The van der Waals surface area contributed by atoms with Crippen molar-refractivity contribution in [3.63, 3.8) is 0 Å². The van der Waals surface area contributed by atoms with E-state index < -0.39 is 0 Å². The zero-order chi connectivity index (χ0) is 17.2. The maximum atomic E-state index is 5.98. The van der Waals surface area contributed by atoms with Crippen molar-refractivity contribution in [1.29, 1.82) is 0 Å². The van der Waals surface area contributed by atoms with Crippen LogP contribution >= 0.6 is 11.6 Å². The summed E-state index contributed by atoms with van der Waals surface area (Å²) in [6, 6.07) is 7.32. The highest BCUT2D eigenvalue weighted by atomic mass is 35.5. The Balaban J connectivity index is 1.96. The molecule has 0 aliphatic heterocycles. The van der Waals surface area contributed by atoms with Gasteiger partial charge < -0.3 is 19.9 Å². The van der Waals surface area contributed by atoms with E-state index in [0.29, 0.717) is 35.8 Å². The molecule has 0 saturated heterocycles. The number of hydrogen-bond acceptors (Lipinski definition) is 5. The van der Waals surface area contributed by atoms with Crippen LogP contribution < -0.4 is 10.6 Å². The molecule has 1 heterocycles. The normalized spacial score (nSPS) is 11.5. The molecule has 7 nitrogen and oxygen atoms in total. The molecule has 0 amide bonds. The second-order valence-corrected chi connectivity index (χ2v) is 5.43. The number of hydrogen-bond donors (Lipinski definition) is 2. The van der Waals surface area contributed by atoms with Gasteiger partial charge in [0.2, 0.25) is 11.7 Å². The van der Waals surface area contributed by atoms with E-state index in [1.165, 1.54) is 0 Å². The minimum absolute atomic E-state index is 0.299. The lowest BCUT2D eigenvalue weighted by atomic mass is 10.2. The molecule has 0 fully saturated rings. The number of nitrogens with one attached hydrogen (secondary N) is 2. The monoisotopic (exact) mass is 351 g/mol. The van der Waals surface area contributed by atoms with Gasteiger partial charge in [-0.15, -0.1) is 0 Å². The van der Waals surface area contributed by atoms with Crippen molar-refractivity contribution < 1.29 is 9.26 Å². The molecule has 0 saturated carbocycles. The molecule has 8 heteroatoms. The molecular weight excluding hydrogens is 330 g/mol. The number of methoxy groups -OCH3 is 1. The van der Waals surface area contributed by atoms with Gasteiger partial charge in [-0.1, -0.05) is 28.9 Å². The molecule has 1 aromatic carbocycles. The summed E-state index contributed by atoms with van der Waals surface area (Å²) in [5, 5.41) is 11.0. The number of aromatic nitrogens is 2. The first-order chi connectivity index (χ1) is 11.7. The quantitative estimate of drug-likeness (QED) is 0.432. The Morgan fingerprint density at radius 2 is 2.25 bits per heavy atom. The molecule has 0 aliphatic rings. The third-order valence-electron chi connectivity index (χ3n) is 3.09. The third kappa shape index (κ3) is 5.82. The number of rotatable bonds is 8. The van der Waals surface area contributed by atoms with Gasteiger partial charge in [0.1, 0.15) is 6.54 Å². The lowest BCUT2D eigenvalue weighted by Gasteiger charge is -2.10. The molecule has 2 N–H and O–H groups in total. The van der Waals surface area contributed by atoms with Crippen molar-refractivity contribution in [1.82, 2.24) is 20.8 Å². The van der Waals surface area contributed by atoms with Gasteiger partial charge in [-0.05, 0) is 25.5 Å². The fraction of sp³-hybridized carbons (Fsp3) is 0.438. The number of guanidine groups is 1. The number of nitrogens with zero attached hydrogens (tertiary/aromatic N) is 3. The molecule has 0 atom stereocenters. The van der Waals surface area contributed by atoms with Gasteiger partial charge in [0.05, 0.1) is 0 Å². The summed E-state index contributed by atoms with van der Waals surface area (Å²) in [6.07, 6.45) is 0.903. The lowest BCUT2D eigenvalue weighted by molar-refractivity contribution is 0.195. The molecular formula is C16H22ClN5O2. The second-order valence-electron chi connectivity index (χ2n) is 4.99. The fourth-order valence-corrected chi connectivity index (χ4v) is 2.17. The maximum Gasteiger partial charge on any atom is 0.248 e. The van der Waals surface area contributed by atoms with Crippen LogP contribution in [0.3, 0.4) is 0 Å². The summed E-state index contributed by atoms with van der Waals surface area (Å²) >= 11 is 5.98. The highest BCUT2D eigenvalue weighted by Crippen LogP contribution is 2.19. The van der Waals surface area contributed by atoms with E-state index in [9.17, 15) is 0 Å². The average Bonchev–Trinajstić information content (AvgIpc) is 3.05. The van der Waals surface area contributed by atoms with Crippen molar-refractivity contribution in [3.05, 3.63) is 35.2 Å². The maximum absolute atomic E-state index is 5.98. The van der Waals surface area contributed by atoms with E-state index in [2.05, 4.69) is 25.8 Å². The summed E-state index contributed by atoms with van der Waals surface area (Å²) in [5.74, 6) is 1.65. The Morgan fingerprint density at radius 1 is 1.38 bits per heavy atom. The zero-order valence-electron chi connectivity index (χ0n) is 13.9. The van der Waals surface area contributed by atoms with Crippen LogP contribution in [0.15, 0.2) is 33.8 Å². The van der Waals surface area contributed by atoms with Gasteiger partial charge in [-0.2, -0.15) is 4.98 Å². The smallest absolute Gasteiger partial charge is 0.248 e. The first kappa shape index (κ1) is 18.2. The second kappa shape index (κ2) is 9.89. The highest BCUT2D eigenvalue weighted by molar-refractivity contribution is 6.30. The van der Waals surface area contributed by atoms with Crippen molar-refractivity contribution in [2.75, 3.05) is 26.8 Å². The molecule has 0 bridgehead atoms. The van der Waals surface area contributed by atoms with Crippen LogP contribution in [0.1, 0.15) is 19.2 Å². The number of halogens is 1. The minimum Gasteiger partial charge on any atom is -0.385 e. The molecule has 2 rings (SSSR count). The van der Waals surface area contributed by atoms with Crippen LogP contribution in [0.4, 0.5) is 0 Å². The largest absolute Gasteiger partial charge is 0.385 e. The van der Waals surface area contributed by atoms with Gasteiger partial charge in [0.25, 0.3) is 0 Å². The molecule has 0 spiro atoms. The molecule has 0 unspecified atom stereocenters. The van der Waals surface area contributed by atoms with Gasteiger partial charge >= 0.3 is 0 Å². The van der Waals surface area contributed by atoms with Gasteiger partial charge in [0, 0.05) is 37.4 Å². The Kier molecular flexibility index (Phi) is 7.51. The van der Waals surface area contributed by atoms with Crippen LogP contribution in [0, 0.1) is 0 Å². The van der Waals surface area contributed by atoms with Crippen LogP contribution in [-0.2, 0) is 11.3 Å². The Hall–Kier alpha value is -2.12. The van der Waals surface area contributed by atoms with E-state index >= 15 is 0 Å². The first-order valence-corrected chi connectivity index (χ1v) is 8.20. The number of ether oxygens (including phenoxy) is 1. The zero-order valence-corrected chi connectivity index (χ0v) is 14.6. The van der Waals surface area contributed by atoms with Gasteiger partial charge in [-0.25, -0.2) is 4.99 Å². The summed E-state index contributed by atoms with van der Waals surface area (Å²) < 4.78 is 10.3. The topological polar surface area (TPSA) is 84.6 Å². The Labute approximate surface area is 146 Å². The molecule has 130 valence electrons. The van der Waals surface area contributed by atoms with Crippen LogP contribution in [-0.4, -0.2) is 42.9 Å². The van der Waals surface area contributed by atoms with Crippen molar-refractivity contribution >= 4 is 17.6 Å². The predicted molar refractivity (Wildman–Crippen MR) is 94.1 cm³/mol.